The summed E-state index contributed by atoms with van der Waals surface area (Å²) in [6.07, 6.45) is 0.0257. The molecule has 2 unspecified atom stereocenters. The summed E-state index contributed by atoms with van der Waals surface area (Å²) >= 11 is 0. The van der Waals surface area contributed by atoms with E-state index in [2.05, 4.69) is 6.07 Å². The van der Waals surface area contributed by atoms with E-state index in [1.807, 2.05) is 6.07 Å². The molecule has 17 heavy (non-hydrogen) atoms. The molecule has 0 bridgehead atoms. The van der Waals surface area contributed by atoms with Crippen molar-refractivity contribution in [3.8, 4) is 11.8 Å². The van der Waals surface area contributed by atoms with Gasteiger partial charge in [0.05, 0.1) is 24.8 Å². The van der Waals surface area contributed by atoms with Gasteiger partial charge in [0.2, 0.25) is 0 Å². The van der Waals surface area contributed by atoms with Gasteiger partial charge in [-0.25, -0.2) is 4.39 Å². The van der Waals surface area contributed by atoms with Crippen molar-refractivity contribution in [1.29, 1.82) is 5.26 Å². The van der Waals surface area contributed by atoms with Gasteiger partial charge in [0.15, 0.2) is 6.17 Å². The fourth-order valence-corrected chi connectivity index (χ4v) is 2.50. The lowest BCUT2D eigenvalue weighted by atomic mass is 9.88. The zero-order valence-electron chi connectivity index (χ0n) is 9.28. The molecule has 3 rings (SSSR count). The van der Waals surface area contributed by atoms with Gasteiger partial charge in [-0.1, -0.05) is 6.07 Å². The van der Waals surface area contributed by atoms with Gasteiger partial charge in [-0.15, -0.1) is 0 Å². The number of benzene rings is 1. The smallest absolute Gasteiger partial charge is 0.163 e. The molecule has 4 heteroatoms. The van der Waals surface area contributed by atoms with Gasteiger partial charge in [0, 0.05) is 12.8 Å². The second-order valence-electron chi connectivity index (χ2n) is 4.57. The van der Waals surface area contributed by atoms with E-state index in [1.54, 1.807) is 12.1 Å². The van der Waals surface area contributed by atoms with Crippen LogP contribution in [-0.2, 0) is 11.2 Å². The molecule has 2 aliphatic heterocycles. The van der Waals surface area contributed by atoms with Crippen molar-refractivity contribution in [3.05, 3.63) is 29.3 Å². The minimum Gasteiger partial charge on any atom is -0.483 e. The van der Waals surface area contributed by atoms with Crippen LogP contribution in [-0.4, -0.2) is 25.0 Å². The third-order valence-corrected chi connectivity index (χ3v) is 3.50. The average molecular weight is 233 g/mol. The molecule has 88 valence electrons. The van der Waals surface area contributed by atoms with Crippen molar-refractivity contribution in [2.75, 3.05) is 13.2 Å². The molecule has 2 heterocycles. The number of nitrogens with zero attached hydrogens (tertiary/aromatic N) is 1. The fourth-order valence-electron chi connectivity index (χ4n) is 2.50. The predicted octanol–water partition coefficient (Wildman–Crippen LogP) is 1.99. The Hall–Kier alpha value is -1.60. The first-order valence-corrected chi connectivity index (χ1v) is 5.67. The summed E-state index contributed by atoms with van der Waals surface area (Å²) in [4.78, 5) is 0. The lowest BCUT2D eigenvalue weighted by Gasteiger charge is -2.35. The van der Waals surface area contributed by atoms with Gasteiger partial charge in [0.1, 0.15) is 11.4 Å². The van der Waals surface area contributed by atoms with Crippen molar-refractivity contribution in [1.82, 2.24) is 0 Å². The van der Waals surface area contributed by atoms with Crippen LogP contribution in [0.25, 0.3) is 0 Å². The van der Waals surface area contributed by atoms with E-state index in [0.29, 0.717) is 30.8 Å². The van der Waals surface area contributed by atoms with Gasteiger partial charge in [-0.05, 0) is 17.7 Å². The van der Waals surface area contributed by atoms with Crippen molar-refractivity contribution < 1.29 is 13.9 Å². The Kier molecular flexibility index (Phi) is 2.30. The highest BCUT2D eigenvalue weighted by Gasteiger charge is 2.48. The summed E-state index contributed by atoms with van der Waals surface area (Å²) < 4.78 is 24.9. The van der Waals surface area contributed by atoms with E-state index in [9.17, 15) is 4.39 Å². The Morgan fingerprint density at radius 2 is 2.35 bits per heavy atom. The zero-order valence-corrected chi connectivity index (χ0v) is 9.28. The van der Waals surface area contributed by atoms with Crippen LogP contribution in [0.15, 0.2) is 18.2 Å². The van der Waals surface area contributed by atoms with E-state index in [1.165, 1.54) is 0 Å². The number of halogens is 1. The third-order valence-electron chi connectivity index (χ3n) is 3.50. The average Bonchev–Trinajstić information content (AvgIpc) is 2.71. The first-order valence-electron chi connectivity index (χ1n) is 5.67. The van der Waals surface area contributed by atoms with Crippen molar-refractivity contribution in [3.63, 3.8) is 0 Å². The SMILES string of the molecule is N#Cc1ccc2c(c1)OC1(CCOCC1F)C2. The number of hydrogen-bond donors (Lipinski definition) is 0. The first kappa shape index (κ1) is 10.5. The molecule has 0 radical (unpaired) electrons. The Bertz CT molecular complexity index is 497. The van der Waals surface area contributed by atoms with Crippen LogP contribution in [0.5, 0.6) is 5.75 Å². The van der Waals surface area contributed by atoms with Crippen LogP contribution >= 0.6 is 0 Å². The first-order chi connectivity index (χ1) is 8.23. The van der Waals surface area contributed by atoms with E-state index in [0.717, 1.165) is 5.56 Å². The van der Waals surface area contributed by atoms with E-state index >= 15 is 0 Å². The molecule has 1 spiro atoms. The van der Waals surface area contributed by atoms with E-state index in [-0.39, 0.29) is 6.61 Å². The molecule has 3 nitrogen and oxygen atoms in total. The maximum Gasteiger partial charge on any atom is 0.163 e. The number of hydrogen-bond acceptors (Lipinski definition) is 3. The molecule has 1 aromatic carbocycles. The van der Waals surface area contributed by atoms with Crippen LogP contribution in [0.1, 0.15) is 17.5 Å². The summed E-state index contributed by atoms with van der Waals surface area (Å²) in [5.74, 6) is 0.647. The Morgan fingerprint density at radius 3 is 3.12 bits per heavy atom. The van der Waals surface area contributed by atoms with Gasteiger partial charge in [-0.2, -0.15) is 5.26 Å². The topological polar surface area (TPSA) is 42.2 Å². The molecule has 1 saturated heterocycles. The Morgan fingerprint density at radius 1 is 1.47 bits per heavy atom. The molecule has 0 amide bonds. The second-order valence-corrected chi connectivity index (χ2v) is 4.57. The molecular formula is C13H12FNO2. The molecule has 0 N–H and O–H groups in total. The second kappa shape index (κ2) is 3.71. The fraction of sp³-hybridized carbons (Fsp3) is 0.462. The highest BCUT2D eigenvalue weighted by Crippen LogP contribution is 2.42. The number of alkyl halides is 1. The summed E-state index contributed by atoms with van der Waals surface area (Å²) in [6, 6.07) is 7.34. The summed E-state index contributed by atoms with van der Waals surface area (Å²) in [5.41, 5.74) is 0.756. The van der Waals surface area contributed by atoms with Gasteiger partial charge in [0.25, 0.3) is 0 Å². The predicted molar refractivity (Wildman–Crippen MR) is 58.6 cm³/mol. The lowest BCUT2D eigenvalue weighted by molar-refractivity contribution is -0.0954. The molecule has 2 aliphatic rings. The van der Waals surface area contributed by atoms with Gasteiger partial charge >= 0.3 is 0 Å². The van der Waals surface area contributed by atoms with Crippen LogP contribution in [0, 0.1) is 11.3 Å². The Labute approximate surface area is 98.8 Å². The maximum absolute atomic E-state index is 14.0. The highest BCUT2D eigenvalue weighted by atomic mass is 19.1. The van der Waals surface area contributed by atoms with Crippen molar-refractivity contribution >= 4 is 0 Å². The van der Waals surface area contributed by atoms with Crippen LogP contribution in [0.3, 0.4) is 0 Å². The summed E-state index contributed by atoms with van der Waals surface area (Å²) in [5, 5.41) is 8.82. The van der Waals surface area contributed by atoms with Crippen LogP contribution in [0.2, 0.25) is 0 Å². The molecular weight excluding hydrogens is 221 g/mol. The lowest BCUT2D eigenvalue weighted by Crippen LogP contribution is -2.50. The molecule has 1 fully saturated rings. The van der Waals surface area contributed by atoms with E-state index in [4.69, 9.17) is 14.7 Å². The number of nitriles is 1. The summed E-state index contributed by atoms with van der Waals surface area (Å²) in [6.45, 7) is 0.624. The van der Waals surface area contributed by atoms with E-state index < -0.39 is 11.8 Å². The van der Waals surface area contributed by atoms with Crippen LogP contribution < -0.4 is 4.74 Å². The number of rotatable bonds is 0. The van der Waals surface area contributed by atoms with Crippen molar-refractivity contribution in [2.45, 2.75) is 24.6 Å². The standard InChI is InChI=1S/C13H12FNO2/c14-12-8-16-4-3-13(12)6-10-2-1-9(7-15)5-11(10)17-13/h1-2,5,12H,3-4,6,8H2. The number of ether oxygens (including phenoxy) is 2. The number of fused-ring (bicyclic) bond motifs is 1. The monoisotopic (exact) mass is 233 g/mol. The van der Waals surface area contributed by atoms with Gasteiger partial charge in [-0.3, -0.25) is 0 Å². The quantitative estimate of drug-likeness (QED) is 0.688. The molecule has 2 atom stereocenters. The molecule has 1 aromatic rings. The third kappa shape index (κ3) is 1.58. The van der Waals surface area contributed by atoms with Crippen molar-refractivity contribution in [2.24, 2.45) is 0 Å². The summed E-state index contributed by atoms with van der Waals surface area (Å²) in [7, 11) is 0. The minimum atomic E-state index is -1.10. The van der Waals surface area contributed by atoms with Gasteiger partial charge < -0.3 is 9.47 Å². The zero-order chi connectivity index (χ0) is 11.9. The maximum atomic E-state index is 14.0. The Balaban J connectivity index is 1.94. The molecule has 0 aliphatic carbocycles. The normalized spacial score (nSPS) is 30.7. The molecule has 0 aromatic heterocycles. The largest absolute Gasteiger partial charge is 0.483 e. The molecule has 0 saturated carbocycles. The van der Waals surface area contributed by atoms with Crippen LogP contribution in [0.4, 0.5) is 4.39 Å². The minimum absolute atomic E-state index is 0.0963. The highest BCUT2D eigenvalue weighted by molar-refractivity contribution is 5.46.